The highest BCUT2D eigenvalue weighted by Gasteiger charge is 2.17. The zero-order valence-corrected chi connectivity index (χ0v) is 21.6. The summed E-state index contributed by atoms with van der Waals surface area (Å²) in [7, 11) is 1.36. The van der Waals surface area contributed by atoms with Crippen molar-refractivity contribution in [3.05, 3.63) is 118 Å². The van der Waals surface area contributed by atoms with Crippen molar-refractivity contribution in [2.45, 2.75) is 13.8 Å². The zero-order valence-electron chi connectivity index (χ0n) is 21.6. The van der Waals surface area contributed by atoms with Crippen LogP contribution >= 0.6 is 0 Å². The molecule has 3 aromatic heterocycles. The summed E-state index contributed by atoms with van der Waals surface area (Å²) in [6.45, 7) is 3.93. The van der Waals surface area contributed by atoms with E-state index >= 15 is 0 Å². The molecule has 6 rings (SSSR count). The maximum absolute atomic E-state index is 13.6. The number of carbonyl (C=O) groups excluding carboxylic acids is 1. The molecule has 0 aliphatic heterocycles. The van der Waals surface area contributed by atoms with Crippen molar-refractivity contribution >= 4 is 34.1 Å². The van der Waals surface area contributed by atoms with E-state index in [0.717, 1.165) is 28.0 Å². The van der Waals surface area contributed by atoms with E-state index in [1.54, 1.807) is 36.5 Å². The van der Waals surface area contributed by atoms with Crippen LogP contribution in [0, 0.1) is 13.8 Å². The van der Waals surface area contributed by atoms with E-state index in [0.29, 0.717) is 33.6 Å². The van der Waals surface area contributed by atoms with E-state index in [1.165, 1.54) is 11.8 Å². The van der Waals surface area contributed by atoms with Gasteiger partial charge in [0.2, 0.25) is 5.82 Å². The van der Waals surface area contributed by atoms with Gasteiger partial charge < -0.3 is 13.7 Å². The van der Waals surface area contributed by atoms with E-state index in [9.17, 15) is 9.59 Å². The van der Waals surface area contributed by atoms with Gasteiger partial charge in [0.25, 0.3) is 5.56 Å². The van der Waals surface area contributed by atoms with Crippen molar-refractivity contribution in [3.63, 3.8) is 0 Å². The van der Waals surface area contributed by atoms with E-state index in [4.69, 9.17) is 14.1 Å². The topological polar surface area (TPSA) is 91.6 Å². The number of aryl methyl sites for hydroxylation is 1. The number of esters is 1. The minimum Gasteiger partial charge on any atom is -0.465 e. The van der Waals surface area contributed by atoms with E-state index < -0.39 is 5.97 Å². The fraction of sp³-hybridized carbons (Fsp3) is 0.0968. The van der Waals surface area contributed by atoms with Crippen LogP contribution in [0.2, 0.25) is 0 Å². The lowest BCUT2D eigenvalue weighted by atomic mass is 10.2. The summed E-state index contributed by atoms with van der Waals surface area (Å²) in [5.74, 6) is 0.356. The van der Waals surface area contributed by atoms with Gasteiger partial charge in [-0.15, -0.1) is 0 Å². The van der Waals surface area contributed by atoms with Gasteiger partial charge in [-0.3, -0.25) is 4.79 Å². The Hall–Kier alpha value is -5.24. The van der Waals surface area contributed by atoms with Crippen molar-refractivity contribution in [2.24, 2.45) is 5.10 Å². The van der Waals surface area contributed by atoms with Crippen LogP contribution in [0.1, 0.15) is 27.3 Å². The second kappa shape index (κ2) is 9.57. The van der Waals surface area contributed by atoms with Crippen molar-refractivity contribution in [2.75, 3.05) is 7.11 Å². The van der Waals surface area contributed by atoms with E-state index in [2.05, 4.69) is 5.10 Å². The first-order valence-corrected chi connectivity index (χ1v) is 12.4. The highest BCUT2D eigenvalue weighted by Crippen LogP contribution is 2.27. The number of aromatic nitrogens is 3. The molecule has 192 valence electrons. The van der Waals surface area contributed by atoms with Gasteiger partial charge >= 0.3 is 5.97 Å². The molecular formula is C31H24N4O4. The van der Waals surface area contributed by atoms with Gasteiger partial charge in [-0.2, -0.15) is 9.78 Å². The molecule has 39 heavy (non-hydrogen) atoms. The van der Waals surface area contributed by atoms with Gasteiger partial charge in [0.1, 0.15) is 5.58 Å². The maximum Gasteiger partial charge on any atom is 0.337 e. The molecule has 0 saturated carbocycles. The predicted octanol–water partition coefficient (Wildman–Crippen LogP) is 5.89. The van der Waals surface area contributed by atoms with Gasteiger partial charge in [-0.05, 0) is 62.4 Å². The normalized spacial score (nSPS) is 11.6. The number of methoxy groups -OCH3 is 1. The molecule has 0 atom stereocenters. The third-order valence-corrected chi connectivity index (χ3v) is 6.71. The Morgan fingerprint density at radius 3 is 2.59 bits per heavy atom. The van der Waals surface area contributed by atoms with Crippen LogP contribution in [0.3, 0.4) is 0 Å². The number of carbonyl (C=O) groups is 1. The summed E-state index contributed by atoms with van der Waals surface area (Å²) >= 11 is 0. The number of hydrogen-bond acceptors (Lipinski definition) is 6. The molecule has 0 fully saturated rings. The lowest BCUT2D eigenvalue weighted by molar-refractivity contribution is 0.0600. The molecule has 3 heterocycles. The molecule has 0 unspecified atom stereocenters. The summed E-state index contributed by atoms with van der Waals surface area (Å²) in [6, 6.07) is 25.9. The summed E-state index contributed by atoms with van der Waals surface area (Å²) in [5.41, 5.74) is 4.89. The molecular weight excluding hydrogens is 492 g/mol. The first-order valence-electron chi connectivity index (χ1n) is 12.4. The van der Waals surface area contributed by atoms with Crippen LogP contribution in [-0.2, 0) is 4.74 Å². The molecule has 0 saturated heterocycles. The number of hydrogen-bond donors (Lipinski definition) is 0. The van der Waals surface area contributed by atoms with Crippen LogP contribution in [0.4, 0.5) is 0 Å². The van der Waals surface area contributed by atoms with Gasteiger partial charge in [-0.25, -0.2) is 9.78 Å². The quantitative estimate of drug-likeness (QED) is 0.211. The number of nitrogens with zero attached hydrogens (tertiary/aromatic N) is 4. The number of fused-ring (bicyclic) bond motifs is 2. The van der Waals surface area contributed by atoms with Crippen LogP contribution in [0.25, 0.3) is 39.1 Å². The second-order valence-electron chi connectivity index (χ2n) is 9.17. The van der Waals surface area contributed by atoms with Gasteiger partial charge in [0.15, 0.2) is 5.76 Å². The number of rotatable bonds is 5. The van der Waals surface area contributed by atoms with Crippen LogP contribution in [0.15, 0.2) is 99.2 Å². The Morgan fingerprint density at radius 1 is 0.974 bits per heavy atom. The average Bonchev–Trinajstić information content (AvgIpc) is 3.52. The Bertz CT molecular complexity index is 1940. The smallest absolute Gasteiger partial charge is 0.337 e. The SMILES string of the molecule is COC(=O)c1cccc(-n2c(C)cc(C=Nn3c(-c4cc5ccccc5o4)nc4ccccc4c3=O)c2C)c1. The third-order valence-electron chi connectivity index (χ3n) is 6.71. The van der Waals surface area contributed by atoms with Crippen LogP contribution in [0.5, 0.6) is 0 Å². The molecule has 0 aliphatic carbocycles. The second-order valence-corrected chi connectivity index (χ2v) is 9.17. The molecule has 0 aliphatic rings. The van der Waals surface area contributed by atoms with E-state index in [-0.39, 0.29) is 5.56 Å². The minimum atomic E-state index is -0.401. The summed E-state index contributed by atoms with van der Waals surface area (Å²) < 4.78 is 14.2. The standard InChI is InChI=1S/C31H24N4O4/c1-19-15-23(20(2)34(19)24-11-8-10-22(16-24)31(37)38-3)18-32-35-29(28-17-21-9-4-7-14-27(21)39-28)33-26-13-6-5-12-25(26)30(35)36/h4-18H,1-3H3. The van der Waals surface area contributed by atoms with Gasteiger partial charge in [-0.1, -0.05) is 36.4 Å². The number of para-hydroxylation sites is 2. The molecule has 0 amide bonds. The molecule has 8 nitrogen and oxygen atoms in total. The number of benzene rings is 3. The molecule has 0 bridgehead atoms. The van der Waals surface area contributed by atoms with Crippen LogP contribution < -0.4 is 5.56 Å². The minimum absolute atomic E-state index is 0.299. The first-order chi connectivity index (χ1) is 18.9. The first kappa shape index (κ1) is 24.1. The van der Waals surface area contributed by atoms with Crippen molar-refractivity contribution in [3.8, 4) is 17.3 Å². The predicted molar refractivity (Wildman–Crippen MR) is 151 cm³/mol. The summed E-state index contributed by atoms with van der Waals surface area (Å²) in [4.78, 5) is 30.4. The average molecular weight is 517 g/mol. The Morgan fingerprint density at radius 2 is 1.77 bits per heavy atom. The number of ether oxygens (including phenoxy) is 1. The summed E-state index contributed by atoms with van der Waals surface area (Å²) in [6.07, 6.45) is 1.65. The third kappa shape index (κ3) is 4.21. The molecule has 8 heteroatoms. The monoisotopic (exact) mass is 516 g/mol. The molecule has 0 radical (unpaired) electrons. The zero-order chi connectivity index (χ0) is 27.1. The van der Waals surface area contributed by atoms with Crippen molar-refractivity contribution in [1.82, 2.24) is 14.2 Å². The molecule has 0 N–H and O–H groups in total. The van der Waals surface area contributed by atoms with Crippen molar-refractivity contribution in [1.29, 1.82) is 0 Å². The number of furan rings is 1. The van der Waals surface area contributed by atoms with Gasteiger partial charge in [0, 0.05) is 28.0 Å². The molecule has 3 aromatic carbocycles. The molecule has 6 aromatic rings. The fourth-order valence-corrected chi connectivity index (χ4v) is 4.81. The Labute approximate surface area is 223 Å². The highest BCUT2D eigenvalue weighted by atomic mass is 16.5. The lowest BCUT2D eigenvalue weighted by Crippen LogP contribution is -2.20. The van der Waals surface area contributed by atoms with Crippen LogP contribution in [-0.4, -0.2) is 33.5 Å². The van der Waals surface area contributed by atoms with Crippen molar-refractivity contribution < 1.29 is 13.9 Å². The Balaban J connectivity index is 1.48. The van der Waals surface area contributed by atoms with Gasteiger partial charge in [0.05, 0.1) is 29.8 Å². The lowest BCUT2D eigenvalue weighted by Gasteiger charge is -2.11. The fourth-order valence-electron chi connectivity index (χ4n) is 4.81. The summed E-state index contributed by atoms with van der Waals surface area (Å²) in [5, 5.41) is 5.97. The molecule has 0 spiro atoms. The Kier molecular flexibility index (Phi) is 5.92. The van der Waals surface area contributed by atoms with E-state index in [1.807, 2.05) is 73.0 Å². The largest absolute Gasteiger partial charge is 0.465 e. The highest BCUT2D eigenvalue weighted by molar-refractivity contribution is 5.90. The maximum atomic E-state index is 13.6.